The number of para-hydroxylation sites is 1. The van der Waals surface area contributed by atoms with Gasteiger partial charge in [0.25, 0.3) is 5.88 Å². The third kappa shape index (κ3) is 5.25. The molecule has 0 amide bonds. The number of pyridine rings is 2. The third-order valence-corrected chi connectivity index (χ3v) is 7.72. The van der Waals surface area contributed by atoms with Gasteiger partial charge in [0.2, 0.25) is 5.56 Å². The van der Waals surface area contributed by atoms with E-state index in [-0.39, 0.29) is 5.56 Å². The van der Waals surface area contributed by atoms with E-state index < -0.39 is 0 Å². The van der Waals surface area contributed by atoms with E-state index in [0.29, 0.717) is 31.4 Å². The average Bonchev–Trinajstić information content (AvgIpc) is 2.98. The van der Waals surface area contributed by atoms with Crippen LogP contribution in [0.3, 0.4) is 0 Å². The van der Waals surface area contributed by atoms with Gasteiger partial charge in [-0.25, -0.2) is 4.98 Å². The standard InChI is InChI=1S/C29H28N4O5S/c1-35-24-12-18(17-31-29(24)36-2)16-30-19-6-7-23-26(13-19)39-25-5-3-4-21(28(25)38-23)22-14-20(15-27(34)32-22)33-8-10-37-11-9-33/h3-7,12-15,17,30H,8-11,16H2,1-2H3,(H,32,34). The Kier molecular flexibility index (Phi) is 7.04. The minimum absolute atomic E-state index is 0.143. The summed E-state index contributed by atoms with van der Waals surface area (Å²) in [4.78, 5) is 24.0. The van der Waals surface area contributed by atoms with Crippen LogP contribution in [0.5, 0.6) is 23.1 Å². The highest BCUT2D eigenvalue weighted by atomic mass is 32.2. The number of H-pyrrole nitrogens is 1. The highest BCUT2D eigenvalue weighted by Gasteiger charge is 2.23. The number of anilines is 2. The lowest BCUT2D eigenvalue weighted by atomic mass is 10.1. The topological polar surface area (TPSA) is 97.9 Å². The Morgan fingerprint density at radius 3 is 2.74 bits per heavy atom. The molecule has 0 bridgehead atoms. The quantitative estimate of drug-likeness (QED) is 0.288. The van der Waals surface area contributed by atoms with Crippen molar-refractivity contribution in [1.82, 2.24) is 9.97 Å². The van der Waals surface area contributed by atoms with E-state index in [1.807, 2.05) is 42.5 Å². The number of hydrogen-bond donors (Lipinski definition) is 2. The minimum Gasteiger partial charge on any atom is -0.491 e. The summed E-state index contributed by atoms with van der Waals surface area (Å²) in [5.74, 6) is 2.56. The van der Waals surface area contributed by atoms with Crippen LogP contribution in [0.4, 0.5) is 11.4 Å². The molecule has 6 rings (SSSR count). The third-order valence-electron chi connectivity index (χ3n) is 6.63. The molecule has 2 N–H and O–H groups in total. The van der Waals surface area contributed by atoms with Crippen LogP contribution >= 0.6 is 11.8 Å². The Morgan fingerprint density at radius 1 is 1.05 bits per heavy atom. The normalized spacial score (nSPS) is 14.2. The molecule has 0 atom stereocenters. The van der Waals surface area contributed by atoms with Gasteiger partial charge in [0, 0.05) is 48.8 Å². The van der Waals surface area contributed by atoms with Gasteiger partial charge in [-0.3, -0.25) is 4.79 Å². The number of ether oxygens (including phenoxy) is 4. The van der Waals surface area contributed by atoms with Crippen molar-refractivity contribution in [3.05, 3.63) is 76.7 Å². The molecule has 1 fully saturated rings. The second-order valence-electron chi connectivity index (χ2n) is 9.12. The van der Waals surface area contributed by atoms with Gasteiger partial charge >= 0.3 is 0 Å². The van der Waals surface area contributed by atoms with Crippen molar-refractivity contribution in [2.24, 2.45) is 0 Å². The van der Waals surface area contributed by atoms with Crippen molar-refractivity contribution >= 4 is 23.1 Å². The molecule has 0 saturated carbocycles. The van der Waals surface area contributed by atoms with Gasteiger partial charge in [0.1, 0.15) is 5.75 Å². The van der Waals surface area contributed by atoms with Crippen LogP contribution in [0, 0.1) is 0 Å². The van der Waals surface area contributed by atoms with E-state index in [9.17, 15) is 4.79 Å². The monoisotopic (exact) mass is 544 g/mol. The van der Waals surface area contributed by atoms with Crippen molar-refractivity contribution in [2.75, 3.05) is 50.7 Å². The summed E-state index contributed by atoms with van der Waals surface area (Å²) in [6, 6.07) is 17.6. The molecule has 0 aliphatic carbocycles. The van der Waals surface area contributed by atoms with E-state index in [0.717, 1.165) is 62.6 Å². The number of morpholine rings is 1. The molecule has 0 unspecified atom stereocenters. The van der Waals surface area contributed by atoms with Crippen LogP contribution in [0.15, 0.2) is 75.4 Å². The number of nitrogens with zero attached hydrogens (tertiary/aromatic N) is 2. The number of aromatic nitrogens is 2. The summed E-state index contributed by atoms with van der Waals surface area (Å²) >= 11 is 1.64. The van der Waals surface area contributed by atoms with Gasteiger partial charge < -0.3 is 34.1 Å². The molecule has 2 aliphatic heterocycles. The number of benzene rings is 2. The van der Waals surface area contributed by atoms with Crippen molar-refractivity contribution < 1.29 is 18.9 Å². The van der Waals surface area contributed by atoms with Crippen LogP contribution in [0.1, 0.15) is 5.56 Å². The maximum Gasteiger partial charge on any atom is 0.256 e. The maximum atomic E-state index is 12.6. The molecule has 2 aliphatic rings. The molecular weight excluding hydrogens is 516 g/mol. The van der Waals surface area contributed by atoms with Crippen molar-refractivity contribution in [3.8, 4) is 34.4 Å². The molecule has 2 aromatic heterocycles. The molecule has 9 nitrogen and oxygen atoms in total. The Morgan fingerprint density at radius 2 is 1.92 bits per heavy atom. The molecule has 10 heteroatoms. The first kappa shape index (κ1) is 25.1. The number of fused-ring (bicyclic) bond motifs is 2. The van der Waals surface area contributed by atoms with Crippen LogP contribution in [-0.4, -0.2) is 50.5 Å². The Bertz CT molecular complexity index is 1570. The first-order valence-corrected chi connectivity index (χ1v) is 13.4. The number of hydrogen-bond acceptors (Lipinski definition) is 9. The first-order valence-electron chi connectivity index (χ1n) is 12.6. The molecule has 0 spiro atoms. The van der Waals surface area contributed by atoms with Gasteiger partial charge in [-0.05, 0) is 48.0 Å². The summed E-state index contributed by atoms with van der Waals surface area (Å²) in [7, 11) is 3.16. The average molecular weight is 545 g/mol. The van der Waals surface area contributed by atoms with Crippen LogP contribution in [-0.2, 0) is 11.3 Å². The number of nitrogens with one attached hydrogen (secondary N) is 2. The Hall–Kier alpha value is -4.15. The predicted molar refractivity (Wildman–Crippen MR) is 151 cm³/mol. The SMILES string of the molecule is COc1cc(CNc2ccc3c(c2)Sc2cccc(-c4cc(N5CCOCC5)cc(=O)[nH]4)c2O3)cnc1OC. The summed E-state index contributed by atoms with van der Waals surface area (Å²) in [5, 5.41) is 3.45. The smallest absolute Gasteiger partial charge is 0.256 e. The van der Waals surface area contributed by atoms with Gasteiger partial charge in [-0.15, -0.1) is 0 Å². The highest BCUT2D eigenvalue weighted by Crippen LogP contribution is 2.51. The molecule has 200 valence electrons. The highest BCUT2D eigenvalue weighted by molar-refractivity contribution is 7.99. The van der Waals surface area contributed by atoms with Crippen molar-refractivity contribution in [3.63, 3.8) is 0 Å². The zero-order valence-corrected chi connectivity index (χ0v) is 22.5. The lowest BCUT2D eigenvalue weighted by Crippen LogP contribution is -2.36. The molecular formula is C29H28N4O5S. The lowest BCUT2D eigenvalue weighted by molar-refractivity contribution is 0.122. The van der Waals surface area contributed by atoms with Gasteiger partial charge in [0.15, 0.2) is 11.5 Å². The fraction of sp³-hybridized carbons (Fsp3) is 0.241. The second-order valence-corrected chi connectivity index (χ2v) is 10.2. The van der Waals surface area contributed by atoms with E-state index in [4.69, 9.17) is 18.9 Å². The number of rotatable bonds is 7. The summed E-state index contributed by atoms with van der Waals surface area (Å²) in [6.07, 6.45) is 1.76. The Labute approximate surface area is 230 Å². The summed E-state index contributed by atoms with van der Waals surface area (Å²) in [6.45, 7) is 3.40. The van der Waals surface area contributed by atoms with E-state index >= 15 is 0 Å². The van der Waals surface area contributed by atoms with E-state index in [1.54, 1.807) is 38.2 Å². The number of aromatic amines is 1. The van der Waals surface area contributed by atoms with Crippen LogP contribution in [0.2, 0.25) is 0 Å². The molecule has 39 heavy (non-hydrogen) atoms. The Balaban J connectivity index is 1.23. The van der Waals surface area contributed by atoms with Crippen molar-refractivity contribution in [2.45, 2.75) is 16.3 Å². The summed E-state index contributed by atoms with van der Waals surface area (Å²) < 4.78 is 22.5. The molecule has 1 saturated heterocycles. The zero-order chi connectivity index (χ0) is 26.8. The fourth-order valence-corrected chi connectivity index (χ4v) is 5.70. The van der Waals surface area contributed by atoms with Crippen LogP contribution < -0.4 is 30.0 Å². The molecule has 0 radical (unpaired) electrons. The second kappa shape index (κ2) is 10.9. The molecule has 4 heterocycles. The van der Waals surface area contributed by atoms with Crippen LogP contribution in [0.25, 0.3) is 11.3 Å². The van der Waals surface area contributed by atoms with E-state index in [2.05, 4.69) is 26.3 Å². The van der Waals surface area contributed by atoms with Crippen molar-refractivity contribution in [1.29, 1.82) is 0 Å². The van der Waals surface area contributed by atoms with Gasteiger partial charge in [-0.1, -0.05) is 17.8 Å². The molecule has 4 aromatic rings. The fourth-order valence-electron chi connectivity index (χ4n) is 4.67. The first-order chi connectivity index (χ1) is 19.1. The minimum atomic E-state index is -0.143. The van der Waals surface area contributed by atoms with E-state index in [1.165, 1.54) is 0 Å². The molecule has 2 aromatic carbocycles. The largest absolute Gasteiger partial charge is 0.491 e. The number of methoxy groups -OCH3 is 2. The van der Waals surface area contributed by atoms with Gasteiger partial charge in [-0.2, -0.15) is 0 Å². The summed E-state index contributed by atoms with van der Waals surface area (Å²) in [5.41, 5.74) is 4.25. The maximum absolute atomic E-state index is 12.6. The van der Waals surface area contributed by atoms with Gasteiger partial charge in [0.05, 0.1) is 42.9 Å². The predicted octanol–water partition coefficient (Wildman–Crippen LogP) is 5.16. The zero-order valence-electron chi connectivity index (χ0n) is 21.7. The lowest BCUT2D eigenvalue weighted by Gasteiger charge is -2.29.